The molecular formula is C17H10F3NO3. The maximum absolute atomic E-state index is 13.0. The molecule has 3 aromatic rings. The number of nitrogens with zero attached hydrogens (tertiary/aromatic N) is 1. The quantitative estimate of drug-likeness (QED) is 0.563. The molecule has 0 fully saturated rings. The highest BCUT2D eigenvalue weighted by molar-refractivity contribution is 5.88. The van der Waals surface area contributed by atoms with Crippen molar-refractivity contribution in [1.82, 2.24) is 0 Å². The number of phenols is 1. The molecule has 0 spiro atoms. The molecule has 0 aliphatic carbocycles. The number of aromatic hydroxyl groups is 1. The van der Waals surface area contributed by atoms with Crippen LogP contribution in [-0.4, -0.2) is 11.3 Å². The second-order valence-electron chi connectivity index (χ2n) is 4.97. The smallest absolute Gasteiger partial charge is 0.417 e. The Balaban J connectivity index is 2.07. The van der Waals surface area contributed by atoms with E-state index in [2.05, 4.69) is 4.99 Å². The van der Waals surface area contributed by atoms with Gasteiger partial charge in [0.2, 0.25) is 0 Å². The molecule has 0 atom stereocenters. The Labute approximate surface area is 133 Å². The van der Waals surface area contributed by atoms with Crippen molar-refractivity contribution in [3.8, 4) is 5.75 Å². The summed E-state index contributed by atoms with van der Waals surface area (Å²) >= 11 is 0. The molecule has 122 valence electrons. The molecule has 4 nitrogen and oxygen atoms in total. The summed E-state index contributed by atoms with van der Waals surface area (Å²) in [6.45, 7) is 0. The van der Waals surface area contributed by atoms with E-state index >= 15 is 0 Å². The van der Waals surface area contributed by atoms with Crippen LogP contribution in [0.1, 0.15) is 11.1 Å². The molecule has 2 aromatic carbocycles. The van der Waals surface area contributed by atoms with E-state index in [-0.39, 0.29) is 22.4 Å². The third kappa shape index (κ3) is 3.15. The fourth-order valence-corrected chi connectivity index (χ4v) is 2.21. The van der Waals surface area contributed by atoms with Crippen molar-refractivity contribution in [3.05, 3.63) is 70.1 Å². The van der Waals surface area contributed by atoms with Crippen molar-refractivity contribution >= 4 is 22.9 Å². The maximum atomic E-state index is 13.0. The zero-order valence-electron chi connectivity index (χ0n) is 12.0. The molecule has 0 radical (unpaired) electrons. The van der Waals surface area contributed by atoms with E-state index in [9.17, 15) is 23.1 Å². The first-order chi connectivity index (χ1) is 11.3. The number of fused-ring (bicyclic) bond motifs is 1. The van der Waals surface area contributed by atoms with Crippen molar-refractivity contribution in [2.75, 3.05) is 0 Å². The zero-order chi connectivity index (χ0) is 17.3. The predicted octanol–water partition coefficient (Wildman–Crippen LogP) is 4.27. The molecular weight excluding hydrogens is 323 g/mol. The molecule has 3 rings (SSSR count). The Morgan fingerprint density at radius 3 is 2.54 bits per heavy atom. The summed E-state index contributed by atoms with van der Waals surface area (Å²) < 4.78 is 43.8. The van der Waals surface area contributed by atoms with Crippen molar-refractivity contribution in [3.63, 3.8) is 0 Å². The molecule has 0 saturated carbocycles. The van der Waals surface area contributed by atoms with Crippen LogP contribution < -0.4 is 5.63 Å². The molecule has 0 bridgehead atoms. The normalized spacial score (nSPS) is 12.1. The molecule has 0 saturated heterocycles. The molecule has 7 heteroatoms. The summed E-state index contributed by atoms with van der Waals surface area (Å²) in [5.41, 5.74) is -1.61. The van der Waals surface area contributed by atoms with Crippen LogP contribution in [0.2, 0.25) is 0 Å². The van der Waals surface area contributed by atoms with Crippen molar-refractivity contribution in [1.29, 1.82) is 0 Å². The average molecular weight is 333 g/mol. The first-order valence-electron chi connectivity index (χ1n) is 6.82. The Bertz CT molecular complexity index is 990. The lowest BCUT2D eigenvalue weighted by atomic mass is 10.1. The van der Waals surface area contributed by atoms with Gasteiger partial charge in [-0.1, -0.05) is 12.1 Å². The Hall–Kier alpha value is -3.09. The maximum Gasteiger partial charge on any atom is 0.417 e. The van der Waals surface area contributed by atoms with Crippen LogP contribution in [-0.2, 0) is 6.18 Å². The zero-order valence-corrected chi connectivity index (χ0v) is 12.0. The van der Waals surface area contributed by atoms with E-state index < -0.39 is 17.4 Å². The van der Waals surface area contributed by atoms with E-state index in [1.165, 1.54) is 30.5 Å². The van der Waals surface area contributed by atoms with E-state index in [1.807, 2.05) is 0 Å². The van der Waals surface area contributed by atoms with Gasteiger partial charge in [0, 0.05) is 29.3 Å². The highest BCUT2D eigenvalue weighted by Crippen LogP contribution is 2.34. The second kappa shape index (κ2) is 5.84. The van der Waals surface area contributed by atoms with Crippen LogP contribution >= 0.6 is 0 Å². The van der Waals surface area contributed by atoms with Crippen LogP contribution in [0.25, 0.3) is 11.0 Å². The third-order valence-corrected chi connectivity index (χ3v) is 3.32. The van der Waals surface area contributed by atoms with Crippen molar-refractivity contribution < 1.29 is 22.7 Å². The fourth-order valence-electron chi connectivity index (χ4n) is 2.21. The molecule has 0 aliphatic rings. The molecule has 0 unspecified atom stereocenters. The van der Waals surface area contributed by atoms with Crippen LogP contribution in [0.5, 0.6) is 5.75 Å². The number of phenolic OH excluding ortho intramolecular Hbond substituents is 1. The van der Waals surface area contributed by atoms with Crippen molar-refractivity contribution in [2.24, 2.45) is 4.99 Å². The largest absolute Gasteiger partial charge is 0.507 e. The minimum atomic E-state index is -4.66. The molecule has 0 aliphatic heterocycles. The highest BCUT2D eigenvalue weighted by atomic mass is 19.4. The SMILES string of the molecule is O=c1cc(C(F)(F)F)c2ccc(N=Cc3ccccc3O)cc2o1. The Kier molecular flexibility index (Phi) is 3.84. The minimum absolute atomic E-state index is 0.0212. The summed E-state index contributed by atoms with van der Waals surface area (Å²) in [6.07, 6.45) is -3.29. The predicted molar refractivity (Wildman–Crippen MR) is 82.8 cm³/mol. The minimum Gasteiger partial charge on any atom is -0.507 e. The van der Waals surface area contributed by atoms with Gasteiger partial charge < -0.3 is 9.52 Å². The number of aliphatic imine (C=N–C) groups is 1. The Morgan fingerprint density at radius 1 is 1.08 bits per heavy atom. The van der Waals surface area contributed by atoms with Crippen LogP contribution in [0.4, 0.5) is 18.9 Å². The lowest BCUT2D eigenvalue weighted by molar-refractivity contribution is -0.136. The van der Waals surface area contributed by atoms with Gasteiger partial charge in [-0.3, -0.25) is 4.99 Å². The average Bonchev–Trinajstić information content (AvgIpc) is 2.52. The van der Waals surface area contributed by atoms with Gasteiger partial charge in [0.15, 0.2) is 0 Å². The standard InChI is InChI=1S/C17H10F3NO3/c18-17(19,20)13-8-16(23)24-15-7-11(5-6-12(13)15)21-9-10-3-1-2-4-14(10)22/h1-9,22H. The summed E-state index contributed by atoms with van der Waals surface area (Å²) in [5.74, 6) is 0.0212. The first-order valence-corrected chi connectivity index (χ1v) is 6.82. The summed E-state index contributed by atoms with van der Waals surface area (Å²) in [6, 6.07) is 10.7. The number of hydrogen-bond acceptors (Lipinski definition) is 4. The molecule has 1 N–H and O–H groups in total. The van der Waals surface area contributed by atoms with Gasteiger partial charge in [-0.05, 0) is 24.3 Å². The Morgan fingerprint density at radius 2 is 1.83 bits per heavy atom. The van der Waals surface area contributed by atoms with Gasteiger partial charge in [0.05, 0.1) is 11.3 Å². The van der Waals surface area contributed by atoms with Crippen LogP contribution in [0.3, 0.4) is 0 Å². The van der Waals surface area contributed by atoms with E-state index in [0.717, 1.165) is 0 Å². The molecule has 24 heavy (non-hydrogen) atoms. The summed E-state index contributed by atoms with van der Waals surface area (Å²) in [7, 11) is 0. The second-order valence-corrected chi connectivity index (χ2v) is 4.97. The first kappa shape index (κ1) is 15.8. The highest BCUT2D eigenvalue weighted by Gasteiger charge is 2.33. The van der Waals surface area contributed by atoms with Gasteiger partial charge >= 0.3 is 11.8 Å². The monoisotopic (exact) mass is 333 g/mol. The molecule has 1 heterocycles. The number of rotatable bonds is 2. The lowest BCUT2D eigenvalue weighted by Crippen LogP contribution is -2.10. The van der Waals surface area contributed by atoms with E-state index in [4.69, 9.17) is 4.42 Å². The van der Waals surface area contributed by atoms with Gasteiger partial charge in [0.1, 0.15) is 11.3 Å². The van der Waals surface area contributed by atoms with Gasteiger partial charge in [-0.2, -0.15) is 13.2 Å². The van der Waals surface area contributed by atoms with Crippen LogP contribution in [0, 0.1) is 0 Å². The van der Waals surface area contributed by atoms with Gasteiger partial charge in [-0.15, -0.1) is 0 Å². The number of para-hydroxylation sites is 1. The lowest BCUT2D eigenvalue weighted by Gasteiger charge is -2.09. The fraction of sp³-hybridized carbons (Fsp3) is 0.0588. The van der Waals surface area contributed by atoms with Gasteiger partial charge in [0.25, 0.3) is 0 Å². The number of alkyl halides is 3. The molecule has 1 aromatic heterocycles. The summed E-state index contributed by atoms with van der Waals surface area (Å²) in [4.78, 5) is 15.4. The van der Waals surface area contributed by atoms with Crippen LogP contribution in [0.15, 0.2) is 62.7 Å². The summed E-state index contributed by atoms with van der Waals surface area (Å²) in [5, 5.41) is 9.43. The number of halogens is 3. The third-order valence-electron chi connectivity index (χ3n) is 3.32. The molecule has 0 amide bonds. The van der Waals surface area contributed by atoms with Crippen molar-refractivity contribution in [2.45, 2.75) is 6.18 Å². The van der Waals surface area contributed by atoms with E-state index in [0.29, 0.717) is 11.6 Å². The number of benzene rings is 2. The van der Waals surface area contributed by atoms with E-state index in [1.54, 1.807) is 18.2 Å². The topological polar surface area (TPSA) is 62.8 Å². The number of hydrogen-bond donors (Lipinski definition) is 1. The van der Waals surface area contributed by atoms with Gasteiger partial charge in [-0.25, -0.2) is 4.79 Å².